The molecule has 8 nitrogen and oxygen atoms in total. The van der Waals surface area contributed by atoms with Gasteiger partial charge in [-0.05, 0) is 18.2 Å². The Bertz CT molecular complexity index is 818. The first-order valence-electron chi connectivity index (χ1n) is 9.22. The number of imide groups is 1. The first-order valence-corrected chi connectivity index (χ1v) is 9.60. The van der Waals surface area contributed by atoms with Crippen LogP contribution < -0.4 is 10.2 Å². The Labute approximate surface area is 168 Å². The molecule has 0 spiro atoms. The fourth-order valence-corrected chi connectivity index (χ4v) is 3.63. The molecule has 0 aliphatic carbocycles. The minimum Gasteiger partial charge on any atom is -0.395 e. The molecule has 1 saturated heterocycles. The number of amides is 3. The van der Waals surface area contributed by atoms with E-state index in [4.69, 9.17) is 16.7 Å². The van der Waals surface area contributed by atoms with Crippen LogP contribution in [0.5, 0.6) is 0 Å². The van der Waals surface area contributed by atoms with Crippen molar-refractivity contribution in [2.24, 2.45) is 0 Å². The highest BCUT2D eigenvalue weighted by Gasteiger charge is 2.30. The van der Waals surface area contributed by atoms with Crippen molar-refractivity contribution in [1.29, 1.82) is 0 Å². The number of carbonyl (C=O) groups is 3. The predicted octanol–water partition coefficient (Wildman–Crippen LogP) is 1.06. The van der Waals surface area contributed by atoms with E-state index in [2.05, 4.69) is 10.2 Å². The third-order valence-electron chi connectivity index (χ3n) is 4.84. The monoisotopic (exact) mass is 406 g/mol. The van der Waals surface area contributed by atoms with Crippen molar-refractivity contribution in [2.45, 2.75) is 13.3 Å². The highest BCUT2D eigenvalue weighted by molar-refractivity contribution is 6.33. The summed E-state index contributed by atoms with van der Waals surface area (Å²) < 4.78 is 0. The number of anilines is 2. The van der Waals surface area contributed by atoms with Gasteiger partial charge in [-0.2, -0.15) is 0 Å². The first-order chi connectivity index (χ1) is 13.4. The van der Waals surface area contributed by atoms with Crippen molar-refractivity contribution in [1.82, 2.24) is 9.80 Å². The normalized spacial score (nSPS) is 17.2. The van der Waals surface area contributed by atoms with Gasteiger partial charge >= 0.3 is 0 Å². The van der Waals surface area contributed by atoms with E-state index >= 15 is 0 Å². The number of piperazine rings is 1. The number of benzene rings is 1. The van der Waals surface area contributed by atoms with Gasteiger partial charge in [0.1, 0.15) is 5.70 Å². The number of hydrogen-bond acceptors (Lipinski definition) is 6. The fourth-order valence-electron chi connectivity index (χ4n) is 3.33. The Morgan fingerprint density at radius 1 is 1.21 bits per heavy atom. The van der Waals surface area contributed by atoms with Crippen molar-refractivity contribution >= 4 is 40.7 Å². The van der Waals surface area contributed by atoms with Crippen molar-refractivity contribution in [3.63, 3.8) is 0 Å². The molecule has 3 amide bonds. The van der Waals surface area contributed by atoms with Gasteiger partial charge in [0.25, 0.3) is 11.8 Å². The second kappa shape index (κ2) is 8.62. The molecular formula is C19H23ClN4O4. The summed E-state index contributed by atoms with van der Waals surface area (Å²) in [6.45, 7) is 4.26. The maximum atomic E-state index is 12.2. The zero-order valence-corrected chi connectivity index (χ0v) is 16.4. The number of aliphatic hydroxyl groups is 1. The maximum absolute atomic E-state index is 12.2. The lowest BCUT2D eigenvalue weighted by Crippen LogP contribution is -2.48. The Hall–Kier alpha value is -2.58. The summed E-state index contributed by atoms with van der Waals surface area (Å²) in [6.07, 6.45) is 1.72. The highest BCUT2D eigenvalue weighted by Crippen LogP contribution is 2.30. The molecule has 0 saturated carbocycles. The molecule has 2 heterocycles. The molecule has 1 fully saturated rings. The Morgan fingerprint density at radius 3 is 2.54 bits per heavy atom. The van der Waals surface area contributed by atoms with Crippen LogP contribution in [-0.2, 0) is 14.4 Å². The van der Waals surface area contributed by atoms with E-state index in [0.717, 1.165) is 10.6 Å². The van der Waals surface area contributed by atoms with Crippen LogP contribution in [0, 0.1) is 0 Å². The lowest BCUT2D eigenvalue weighted by atomic mass is 10.2. The molecule has 0 aromatic heterocycles. The van der Waals surface area contributed by atoms with Gasteiger partial charge in [0.05, 0.1) is 23.9 Å². The molecular weight excluding hydrogens is 384 g/mol. The SMILES string of the molecule is CCC(=O)N1CCN(c2ccc(NC3=CC(=O)N(CCO)C3=O)cc2Cl)CC1. The zero-order chi connectivity index (χ0) is 20.3. The van der Waals surface area contributed by atoms with Crippen LogP contribution in [0.4, 0.5) is 11.4 Å². The molecule has 0 atom stereocenters. The summed E-state index contributed by atoms with van der Waals surface area (Å²) in [5.41, 5.74) is 1.60. The number of β-amino-alcohol motifs (C(OH)–C–C–N with tert-alkyl or cyclic N) is 1. The zero-order valence-electron chi connectivity index (χ0n) is 15.7. The smallest absolute Gasteiger partial charge is 0.277 e. The molecule has 0 bridgehead atoms. The average molecular weight is 407 g/mol. The summed E-state index contributed by atoms with van der Waals surface area (Å²) >= 11 is 6.44. The minimum absolute atomic E-state index is 0.0362. The Kier molecular flexibility index (Phi) is 6.21. The minimum atomic E-state index is -0.476. The van der Waals surface area contributed by atoms with Crippen LogP contribution in [0.25, 0.3) is 0 Å². The number of hydrogen-bond donors (Lipinski definition) is 2. The summed E-state index contributed by atoms with van der Waals surface area (Å²) in [6, 6.07) is 5.35. The van der Waals surface area contributed by atoms with Crippen molar-refractivity contribution in [2.75, 3.05) is 49.5 Å². The van der Waals surface area contributed by atoms with E-state index in [0.29, 0.717) is 43.3 Å². The maximum Gasteiger partial charge on any atom is 0.277 e. The van der Waals surface area contributed by atoms with Crippen LogP contribution in [0.3, 0.4) is 0 Å². The summed E-state index contributed by atoms with van der Waals surface area (Å²) in [7, 11) is 0. The number of aliphatic hydroxyl groups excluding tert-OH is 1. The number of nitrogens with zero attached hydrogens (tertiary/aromatic N) is 3. The van der Waals surface area contributed by atoms with E-state index in [9.17, 15) is 14.4 Å². The largest absolute Gasteiger partial charge is 0.395 e. The molecule has 28 heavy (non-hydrogen) atoms. The molecule has 2 aliphatic rings. The molecule has 2 aliphatic heterocycles. The average Bonchev–Trinajstić information content (AvgIpc) is 2.95. The number of rotatable bonds is 6. The fraction of sp³-hybridized carbons (Fsp3) is 0.421. The van der Waals surface area contributed by atoms with Gasteiger partial charge in [-0.1, -0.05) is 18.5 Å². The second-order valence-electron chi connectivity index (χ2n) is 6.59. The number of carbonyl (C=O) groups excluding carboxylic acids is 3. The van der Waals surface area contributed by atoms with E-state index < -0.39 is 11.8 Å². The molecule has 2 N–H and O–H groups in total. The van der Waals surface area contributed by atoms with Crippen LogP contribution in [0.2, 0.25) is 5.02 Å². The number of halogens is 1. The number of nitrogens with one attached hydrogen (secondary N) is 1. The summed E-state index contributed by atoms with van der Waals surface area (Å²) in [5.74, 6) is -0.774. The van der Waals surface area contributed by atoms with Crippen molar-refractivity contribution < 1.29 is 19.5 Å². The highest BCUT2D eigenvalue weighted by atomic mass is 35.5. The van der Waals surface area contributed by atoms with Gasteiger partial charge in [0.2, 0.25) is 5.91 Å². The van der Waals surface area contributed by atoms with Gasteiger partial charge in [-0.3, -0.25) is 19.3 Å². The summed E-state index contributed by atoms with van der Waals surface area (Å²) in [4.78, 5) is 40.8. The van der Waals surface area contributed by atoms with Crippen LogP contribution in [-0.4, -0.2) is 72.0 Å². The molecule has 3 rings (SSSR count). The van der Waals surface area contributed by atoms with E-state index in [-0.39, 0.29) is 24.8 Å². The van der Waals surface area contributed by atoms with E-state index in [1.165, 1.54) is 6.08 Å². The molecule has 1 aromatic rings. The quantitative estimate of drug-likeness (QED) is 0.686. The predicted molar refractivity (Wildman–Crippen MR) is 106 cm³/mol. The molecule has 150 valence electrons. The molecule has 0 radical (unpaired) electrons. The third-order valence-corrected chi connectivity index (χ3v) is 5.14. The van der Waals surface area contributed by atoms with Crippen LogP contribution in [0.15, 0.2) is 30.0 Å². The van der Waals surface area contributed by atoms with Crippen molar-refractivity contribution in [3.8, 4) is 0 Å². The lowest BCUT2D eigenvalue weighted by Gasteiger charge is -2.36. The van der Waals surface area contributed by atoms with E-state index in [1.807, 2.05) is 17.9 Å². The van der Waals surface area contributed by atoms with Crippen molar-refractivity contribution in [3.05, 3.63) is 35.0 Å². The van der Waals surface area contributed by atoms with Gasteiger partial charge in [0, 0.05) is 44.4 Å². The molecule has 9 heteroatoms. The Morgan fingerprint density at radius 2 is 1.93 bits per heavy atom. The van der Waals surface area contributed by atoms with Gasteiger partial charge < -0.3 is 20.2 Å². The molecule has 1 aromatic carbocycles. The van der Waals surface area contributed by atoms with Gasteiger partial charge in [-0.15, -0.1) is 0 Å². The topological polar surface area (TPSA) is 93.2 Å². The summed E-state index contributed by atoms with van der Waals surface area (Å²) in [5, 5.41) is 12.4. The van der Waals surface area contributed by atoms with E-state index in [1.54, 1.807) is 12.1 Å². The second-order valence-corrected chi connectivity index (χ2v) is 7.00. The third kappa shape index (κ3) is 4.13. The van der Waals surface area contributed by atoms with Gasteiger partial charge in [-0.25, -0.2) is 0 Å². The Balaban J connectivity index is 1.65. The lowest BCUT2D eigenvalue weighted by molar-refractivity contribution is -0.137. The van der Waals surface area contributed by atoms with Crippen LogP contribution in [0.1, 0.15) is 13.3 Å². The standard InChI is InChI=1S/C19H23ClN4O4/c1-2-17(26)23-7-5-22(6-8-23)16-4-3-13(11-14(16)20)21-15-12-18(27)24(9-10-25)19(15)28/h3-4,11-12,21,25H,2,5-10H2,1H3. The van der Waals surface area contributed by atoms with Gasteiger partial charge in [0.15, 0.2) is 0 Å². The molecule has 0 unspecified atom stereocenters. The van der Waals surface area contributed by atoms with Crippen LogP contribution >= 0.6 is 11.6 Å². The first kappa shape index (κ1) is 20.2.